The van der Waals surface area contributed by atoms with E-state index >= 15 is 0 Å². The molecule has 0 bridgehead atoms. The molecule has 9 heteroatoms. The van der Waals surface area contributed by atoms with Crippen LogP contribution in [0.1, 0.15) is 24.1 Å². The highest BCUT2D eigenvalue weighted by Gasteiger charge is 2.12. The average molecular weight is 372 g/mol. The van der Waals surface area contributed by atoms with Gasteiger partial charge >= 0.3 is 6.03 Å². The lowest BCUT2D eigenvalue weighted by molar-refractivity contribution is 0.201. The highest BCUT2D eigenvalue weighted by molar-refractivity contribution is 7.13. The second-order valence-electron chi connectivity index (χ2n) is 5.69. The molecule has 8 nitrogen and oxygen atoms in total. The third-order valence-corrected chi connectivity index (χ3v) is 4.56. The predicted octanol–water partition coefficient (Wildman–Crippen LogP) is 2.53. The van der Waals surface area contributed by atoms with E-state index in [0.29, 0.717) is 31.1 Å². The molecule has 3 heterocycles. The lowest BCUT2D eigenvalue weighted by Crippen LogP contribution is -2.37. The number of nitrogens with zero attached hydrogens (tertiary/aromatic N) is 5. The topological polar surface area (TPSA) is 97.0 Å². The first-order valence-corrected chi connectivity index (χ1v) is 9.19. The zero-order valence-electron chi connectivity index (χ0n) is 14.7. The van der Waals surface area contributed by atoms with Crippen LogP contribution in [0.25, 0.3) is 10.8 Å². The average Bonchev–Trinajstić information content (AvgIpc) is 3.31. The molecule has 0 unspecified atom stereocenters. The number of aromatic nitrogens is 4. The van der Waals surface area contributed by atoms with Gasteiger partial charge in [-0.1, -0.05) is 12.1 Å². The van der Waals surface area contributed by atoms with Crippen molar-refractivity contribution in [2.45, 2.75) is 26.3 Å². The maximum Gasteiger partial charge on any atom is 0.317 e. The molecule has 2 amide bonds. The SMILES string of the molecule is CCc1cc(CN(C)C(=O)NCCc2csc(-c3ncccn3)n2)on1. The molecule has 0 saturated heterocycles. The molecule has 0 radical (unpaired) electrons. The maximum atomic E-state index is 12.2. The molecule has 0 saturated carbocycles. The third kappa shape index (κ3) is 4.63. The summed E-state index contributed by atoms with van der Waals surface area (Å²) in [5.74, 6) is 1.29. The summed E-state index contributed by atoms with van der Waals surface area (Å²) in [6.07, 6.45) is 4.84. The molecule has 0 aliphatic carbocycles. The van der Waals surface area contributed by atoms with Crippen molar-refractivity contribution in [1.82, 2.24) is 30.3 Å². The van der Waals surface area contributed by atoms with E-state index in [1.54, 1.807) is 30.4 Å². The van der Waals surface area contributed by atoms with E-state index in [0.717, 1.165) is 22.8 Å². The Hall–Kier alpha value is -2.81. The first kappa shape index (κ1) is 18.0. The maximum absolute atomic E-state index is 12.2. The highest BCUT2D eigenvalue weighted by atomic mass is 32.1. The van der Waals surface area contributed by atoms with E-state index < -0.39 is 0 Å². The Morgan fingerprint density at radius 3 is 2.85 bits per heavy atom. The standard InChI is InChI=1S/C17H20N6O2S/c1-3-12-9-14(25-22-12)10-23(2)17(24)20-8-5-13-11-26-16(21-13)15-18-6-4-7-19-15/h4,6-7,9,11H,3,5,8,10H2,1-2H3,(H,20,24). The van der Waals surface area contributed by atoms with Crippen LogP contribution in [0.5, 0.6) is 0 Å². The van der Waals surface area contributed by atoms with Crippen LogP contribution in [0, 0.1) is 0 Å². The molecule has 0 spiro atoms. The summed E-state index contributed by atoms with van der Waals surface area (Å²) in [5, 5.41) is 9.54. The van der Waals surface area contributed by atoms with E-state index in [9.17, 15) is 4.79 Å². The first-order chi connectivity index (χ1) is 12.7. The molecule has 0 aliphatic rings. The van der Waals surface area contributed by atoms with Gasteiger partial charge < -0.3 is 14.7 Å². The van der Waals surface area contributed by atoms with E-state index in [4.69, 9.17) is 4.52 Å². The fourth-order valence-corrected chi connectivity index (χ4v) is 3.07. The van der Waals surface area contributed by atoms with Gasteiger partial charge in [-0.3, -0.25) is 0 Å². The number of carbonyl (C=O) groups is 1. The third-order valence-electron chi connectivity index (χ3n) is 3.68. The molecule has 26 heavy (non-hydrogen) atoms. The van der Waals surface area contributed by atoms with Gasteiger partial charge in [0.05, 0.1) is 17.9 Å². The fraction of sp³-hybridized carbons (Fsp3) is 0.353. The van der Waals surface area contributed by atoms with Gasteiger partial charge in [0.25, 0.3) is 0 Å². The minimum absolute atomic E-state index is 0.165. The van der Waals surface area contributed by atoms with Crippen molar-refractivity contribution in [3.05, 3.63) is 47.1 Å². The number of hydrogen-bond donors (Lipinski definition) is 1. The fourth-order valence-electron chi connectivity index (χ4n) is 2.27. The molecule has 3 aromatic rings. The Labute approximate surface area is 155 Å². The van der Waals surface area contributed by atoms with Gasteiger partial charge in [0.15, 0.2) is 16.6 Å². The first-order valence-electron chi connectivity index (χ1n) is 8.31. The van der Waals surface area contributed by atoms with Gasteiger partial charge in [0.2, 0.25) is 0 Å². The summed E-state index contributed by atoms with van der Waals surface area (Å²) in [5.41, 5.74) is 1.79. The normalized spacial score (nSPS) is 10.7. The van der Waals surface area contributed by atoms with Gasteiger partial charge in [-0.05, 0) is 12.5 Å². The quantitative estimate of drug-likeness (QED) is 0.684. The summed E-state index contributed by atoms with van der Waals surface area (Å²) in [7, 11) is 1.72. The number of amides is 2. The number of hydrogen-bond acceptors (Lipinski definition) is 7. The van der Waals surface area contributed by atoms with Crippen LogP contribution in [0.15, 0.2) is 34.4 Å². The van der Waals surface area contributed by atoms with Gasteiger partial charge in [0.1, 0.15) is 0 Å². The van der Waals surface area contributed by atoms with Crippen LogP contribution >= 0.6 is 11.3 Å². The lowest BCUT2D eigenvalue weighted by Gasteiger charge is -2.15. The Morgan fingerprint density at radius 2 is 2.12 bits per heavy atom. The number of thiazole rings is 1. The van der Waals surface area contributed by atoms with E-state index in [-0.39, 0.29) is 6.03 Å². The van der Waals surface area contributed by atoms with Gasteiger partial charge in [0, 0.05) is 43.9 Å². The number of rotatable bonds is 7. The molecule has 0 aromatic carbocycles. The van der Waals surface area contributed by atoms with Gasteiger partial charge in [-0.2, -0.15) is 0 Å². The smallest absolute Gasteiger partial charge is 0.317 e. The van der Waals surface area contributed by atoms with Crippen molar-refractivity contribution in [2.75, 3.05) is 13.6 Å². The minimum atomic E-state index is -0.165. The summed E-state index contributed by atoms with van der Waals surface area (Å²) >= 11 is 1.50. The molecular weight excluding hydrogens is 352 g/mol. The Balaban J connectivity index is 1.45. The molecule has 3 aromatic heterocycles. The monoisotopic (exact) mass is 372 g/mol. The Morgan fingerprint density at radius 1 is 1.31 bits per heavy atom. The molecule has 0 fully saturated rings. The summed E-state index contributed by atoms with van der Waals surface area (Å²) in [6, 6.07) is 3.47. The highest BCUT2D eigenvalue weighted by Crippen LogP contribution is 2.19. The number of aryl methyl sites for hydroxylation is 1. The van der Waals surface area contributed by atoms with Crippen LogP contribution < -0.4 is 5.32 Å². The van der Waals surface area contributed by atoms with Crippen molar-refractivity contribution in [1.29, 1.82) is 0 Å². The molecular formula is C17H20N6O2S. The van der Waals surface area contributed by atoms with Crippen LogP contribution in [-0.2, 0) is 19.4 Å². The predicted molar refractivity (Wildman–Crippen MR) is 97.6 cm³/mol. The van der Waals surface area contributed by atoms with Crippen molar-refractivity contribution in [2.24, 2.45) is 0 Å². The second kappa shape index (κ2) is 8.52. The summed E-state index contributed by atoms with van der Waals surface area (Å²) in [4.78, 5) is 26.6. The van der Waals surface area contributed by atoms with Crippen LogP contribution in [-0.4, -0.2) is 44.6 Å². The van der Waals surface area contributed by atoms with E-state index in [1.165, 1.54) is 11.3 Å². The number of urea groups is 1. The Kier molecular flexibility index (Phi) is 5.90. The van der Waals surface area contributed by atoms with Gasteiger partial charge in [-0.15, -0.1) is 11.3 Å². The largest absolute Gasteiger partial charge is 0.359 e. The van der Waals surface area contributed by atoms with Crippen molar-refractivity contribution < 1.29 is 9.32 Å². The number of carbonyl (C=O) groups excluding carboxylic acids is 1. The molecule has 0 atom stereocenters. The van der Waals surface area contributed by atoms with Crippen molar-refractivity contribution in [3.8, 4) is 10.8 Å². The number of nitrogens with one attached hydrogen (secondary N) is 1. The second-order valence-corrected chi connectivity index (χ2v) is 6.55. The molecule has 1 N–H and O–H groups in total. The molecule has 3 rings (SSSR count). The zero-order valence-corrected chi connectivity index (χ0v) is 15.5. The Bertz CT molecular complexity index is 848. The summed E-state index contributed by atoms with van der Waals surface area (Å²) in [6.45, 7) is 2.88. The minimum Gasteiger partial charge on any atom is -0.359 e. The van der Waals surface area contributed by atoms with Crippen molar-refractivity contribution in [3.63, 3.8) is 0 Å². The van der Waals surface area contributed by atoms with E-state index in [1.807, 2.05) is 18.4 Å². The molecule has 136 valence electrons. The van der Waals surface area contributed by atoms with Crippen molar-refractivity contribution >= 4 is 17.4 Å². The van der Waals surface area contributed by atoms with Crippen LogP contribution in [0.4, 0.5) is 4.79 Å². The van der Waals surface area contributed by atoms with Gasteiger partial charge in [-0.25, -0.2) is 19.7 Å². The van der Waals surface area contributed by atoms with Crippen LogP contribution in [0.2, 0.25) is 0 Å². The summed E-state index contributed by atoms with van der Waals surface area (Å²) < 4.78 is 5.20. The molecule has 0 aliphatic heterocycles. The zero-order chi connectivity index (χ0) is 18.4. The van der Waals surface area contributed by atoms with E-state index in [2.05, 4.69) is 25.4 Å². The van der Waals surface area contributed by atoms with Crippen LogP contribution in [0.3, 0.4) is 0 Å². The lowest BCUT2D eigenvalue weighted by atomic mass is 10.3.